The molecule has 2 saturated heterocycles. The normalized spacial score (nSPS) is 16.2. The van der Waals surface area contributed by atoms with E-state index in [0.29, 0.717) is 54.3 Å². The number of nitrogen functional groups attached to an aromatic ring is 1. The molecule has 10 nitrogen and oxygen atoms in total. The van der Waals surface area contributed by atoms with Crippen molar-refractivity contribution in [3.05, 3.63) is 102 Å². The monoisotopic (exact) mass is 915 g/mol. The number of nitrogens with zero attached hydrogens (tertiary/aromatic N) is 4. The van der Waals surface area contributed by atoms with Crippen LogP contribution in [0.1, 0.15) is 121 Å². The van der Waals surface area contributed by atoms with Gasteiger partial charge in [0.25, 0.3) is 0 Å². The van der Waals surface area contributed by atoms with Gasteiger partial charge in [-0.3, -0.25) is 15.5 Å². The third-order valence-electron chi connectivity index (χ3n) is 11.0. The summed E-state index contributed by atoms with van der Waals surface area (Å²) in [6.45, 7) is 27.8. The highest BCUT2D eigenvalue weighted by Gasteiger charge is 2.38. The molecule has 2 fully saturated rings. The molecule has 0 saturated carbocycles. The number of carbonyl (C=O) groups excluding carboxylic acids is 1. The number of fused-ring (bicyclic) bond motifs is 2. The number of thioether (sulfide) groups is 1. The number of allylic oxidation sites excluding steroid dienone is 1. The van der Waals surface area contributed by atoms with E-state index >= 15 is 4.39 Å². The van der Waals surface area contributed by atoms with Crippen LogP contribution in [0.3, 0.4) is 0 Å². The molecular weight excluding hydrogens is 841 g/mol. The van der Waals surface area contributed by atoms with Crippen LogP contribution < -0.4 is 21.8 Å². The Morgan fingerprint density at radius 3 is 2.22 bits per heavy atom. The van der Waals surface area contributed by atoms with E-state index in [1.54, 1.807) is 29.5 Å². The van der Waals surface area contributed by atoms with Crippen LogP contribution in [0.15, 0.2) is 73.4 Å². The molecule has 64 heavy (non-hydrogen) atoms. The van der Waals surface area contributed by atoms with E-state index in [0.717, 1.165) is 78.9 Å². The number of aromatic nitrogens is 2. The van der Waals surface area contributed by atoms with Crippen LogP contribution in [0, 0.1) is 18.7 Å². The van der Waals surface area contributed by atoms with Gasteiger partial charge in [0, 0.05) is 61.2 Å². The predicted molar refractivity (Wildman–Crippen MR) is 261 cm³/mol. The van der Waals surface area contributed by atoms with Crippen LogP contribution in [0.4, 0.5) is 34.9 Å². The van der Waals surface area contributed by atoms with Gasteiger partial charge in [0.05, 0.1) is 27.7 Å². The molecule has 15 heteroatoms. The summed E-state index contributed by atoms with van der Waals surface area (Å²) < 4.78 is 52.4. The molecule has 3 heterocycles. The maximum Gasteiger partial charge on any atom is 0.418 e. The number of alkyl halides is 3. The number of para-hydroxylation sites is 1. The molecule has 0 aliphatic carbocycles. The van der Waals surface area contributed by atoms with Crippen molar-refractivity contribution in [1.82, 2.24) is 25.1 Å². The van der Waals surface area contributed by atoms with Gasteiger partial charge in [-0.1, -0.05) is 77.2 Å². The van der Waals surface area contributed by atoms with Crippen molar-refractivity contribution in [3.63, 3.8) is 0 Å². The third kappa shape index (κ3) is 17.2. The Morgan fingerprint density at radius 1 is 1.02 bits per heavy atom. The molecule has 3 aromatic rings. The number of benzene rings is 2. The average Bonchev–Trinajstić information content (AvgIpc) is 3.53. The van der Waals surface area contributed by atoms with Crippen molar-refractivity contribution < 1.29 is 27.6 Å². The number of unbranched alkanes of at least 4 members (excludes halogenated alkanes) is 1. The number of nitrogens with one attached hydrogen (secondary N) is 3. The summed E-state index contributed by atoms with van der Waals surface area (Å²) in [5.74, 6) is 0.485. The van der Waals surface area contributed by atoms with Gasteiger partial charge < -0.3 is 26.2 Å². The van der Waals surface area contributed by atoms with Crippen LogP contribution >= 0.6 is 11.8 Å². The molecule has 2 aliphatic rings. The molecule has 2 bridgehead atoms. The molecule has 1 aromatic heterocycles. The molecule has 3 atom stereocenters. The second-order valence-electron chi connectivity index (χ2n) is 16.1. The summed E-state index contributed by atoms with van der Waals surface area (Å²) in [6.07, 6.45) is 6.81. The third-order valence-corrected chi connectivity index (χ3v) is 12.1. The first-order valence-corrected chi connectivity index (χ1v) is 23.4. The number of carbonyl (C=O) groups is 1. The minimum absolute atomic E-state index is 0.0494. The second-order valence-corrected chi connectivity index (χ2v) is 17.1. The second kappa shape index (κ2) is 29.2. The lowest BCUT2D eigenvalue weighted by Crippen LogP contribution is -2.50. The maximum absolute atomic E-state index is 15.6. The van der Waals surface area contributed by atoms with Gasteiger partial charge in [0.15, 0.2) is 5.82 Å². The lowest BCUT2D eigenvalue weighted by Gasteiger charge is -2.38. The van der Waals surface area contributed by atoms with Gasteiger partial charge in [-0.2, -0.15) is 13.2 Å². The number of ketones is 1. The molecule has 356 valence electrons. The first-order chi connectivity index (χ1) is 30.6. The summed E-state index contributed by atoms with van der Waals surface area (Å²) in [6, 6.07) is 11.6. The fourth-order valence-electron chi connectivity index (χ4n) is 7.72. The number of nitrogens with two attached hydrogens (primary N) is 1. The van der Waals surface area contributed by atoms with Gasteiger partial charge in [-0.25, -0.2) is 14.4 Å². The summed E-state index contributed by atoms with van der Waals surface area (Å²) in [7, 11) is 2.17. The van der Waals surface area contributed by atoms with Crippen molar-refractivity contribution in [1.29, 1.82) is 0 Å². The Morgan fingerprint density at radius 2 is 1.66 bits per heavy atom. The fraction of sp³-hybridized carbons (Fsp3) is 0.531. The van der Waals surface area contributed by atoms with E-state index in [4.69, 9.17) is 15.9 Å². The predicted octanol–water partition coefficient (Wildman–Crippen LogP) is 12.1. The largest absolute Gasteiger partial charge is 0.418 e. The number of hydrogen-bond acceptors (Lipinski definition) is 11. The number of rotatable bonds is 20. The van der Waals surface area contributed by atoms with Crippen LogP contribution in [0.25, 0.3) is 10.5 Å². The van der Waals surface area contributed by atoms with E-state index in [1.165, 1.54) is 45.0 Å². The number of anilines is 3. The molecule has 6 N–H and O–H groups in total. The van der Waals surface area contributed by atoms with Crippen molar-refractivity contribution in [2.45, 2.75) is 124 Å². The average molecular weight is 915 g/mol. The van der Waals surface area contributed by atoms with Crippen molar-refractivity contribution >= 4 is 45.3 Å². The molecule has 3 unspecified atom stereocenters. The van der Waals surface area contributed by atoms with E-state index in [9.17, 15) is 18.0 Å². The number of aryl methyl sites for hydroxylation is 1. The Balaban J connectivity index is 0.000000500. The van der Waals surface area contributed by atoms with Gasteiger partial charge >= 0.3 is 6.18 Å². The van der Waals surface area contributed by atoms with Gasteiger partial charge in [0.1, 0.15) is 5.78 Å². The summed E-state index contributed by atoms with van der Waals surface area (Å²) in [4.78, 5) is 26.9. The van der Waals surface area contributed by atoms with Crippen LogP contribution in [-0.2, 0) is 11.0 Å². The van der Waals surface area contributed by atoms with Crippen molar-refractivity contribution in [2.75, 3.05) is 56.3 Å². The standard InChI is InChI=1S/C32H45FN6OS.C8H8F3NO.C7H17N.C2H4/c1-5-10-25(40)11-7-8-17-36-32-37-18-16-28(38-32)31(41-22(4)39-23-14-15-24(39)20-35-19-23)29(21(3)6-2)26-12-9-13-27(34)30(26)33;1-5-3-2-4-6(7(5)12-13)8(9,10)11;1-4-6-8(3)7-5-2;1-2/h9,12-13,16,18,21,23-24,35H,4-8,10-11,14-15,17,19-20,34H2,1-3H3,(H,36,37,38);2-4,12-13H,1H3;4-7H2,1-3H3;1-2H2/b31-29+;;;. The van der Waals surface area contributed by atoms with Crippen LogP contribution in [0.2, 0.25) is 0 Å². The molecule has 5 rings (SSSR count). The fourth-order valence-corrected chi connectivity index (χ4v) is 9.00. The van der Waals surface area contributed by atoms with E-state index in [1.807, 2.05) is 25.1 Å². The zero-order valence-electron chi connectivity index (χ0n) is 39.2. The number of hydrogen-bond donors (Lipinski definition) is 5. The number of halogens is 4. The molecular formula is C49H74F4N8O2S. The van der Waals surface area contributed by atoms with Gasteiger partial charge in [-0.15, -0.1) is 13.2 Å². The van der Waals surface area contributed by atoms with Crippen molar-refractivity contribution in [2.24, 2.45) is 5.92 Å². The molecule has 2 aliphatic heterocycles. The molecule has 0 spiro atoms. The first kappa shape index (κ1) is 55.7. The van der Waals surface area contributed by atoms with Gasteiger partial charge in [-0.05, 0) is 114 Å². The van der Waals surface area contributed by atoms with E-state index in [-0.39, 0.29) is 17.3 Å². The Kier molecular flexibility index (Phi) is 25.4. The number of piperazine rings is 1. The summed E-state index contributed by atoms with van der Waals surface area (Å²) in [5.41, 5.74) is 9.02. The lowest BCUT2D eigenvalue weighted by molar-refractivity contribution is -0.137. The Labute approximate surface area is 384 Å². The smallest absolute Gasteiger partial charge is 0.396 e. The Bertz CT molecular complexity index is 1890. The van der Waals surface area contributed by atoms with E-state index in [2.05, 4.69) is 79.9 Å². The lowest BCUT2D eigenvalue weighted by atomic mass is 9.90. The van der Waals surface area contributed by atoms with Crippen LogP contribution in [-0.4, -0.2) is 82.6 Å². The minimum Gasteiger partial charge on any atom is -0.396 e. The van der Waals surface area contributed by atoms with Gasteiger partial charge in [0.2, 0.25) is 5.95 Å². The topological polar surface area (TPSA) is 132 Å². The van der Waals surface area contributed by atoms with Crippen LogP contribution in [0.5, 0.6) is 0 Å². The first-order valence-electron chi connectivity index (χ1n) is 22.6. The quantitative estimate of drug-likeness (QED) is 0.0244. The Hall–Kier alpha value is -4.44. The van der Waals surface area contributed by atoms with E-state index < -0.39 is 17.6 Å². The number of Topliss-reactive ketones (excluding diaryl/α,β-unsaturated/α-hetero) is 1. The minimum atomic E-state index is -4.45. The SMILES string of the molecule is C=C.C=C(S/C(=C(/c1cccc(N)c1F)C(C)CC)c1ccnc(NCCCCC(=O)CCC)n1)N1C2CCC1CNC2.CCCN(C)CCC.Cc1cccc(C(F)(F)F)c1NO. The zero-order valence-corrected chi connectivity index (χ0v) is 40.0. The maximum atomic E-state index is 15.6. The zero-order chi connectivity index (χ0) is 47.8. The summed E-state index contributed by atoms with van der Waals surface area (Å²) >= 11 is 1.58. The highest BCUT2D eigenvalue weighted by atomic mass is 32.2. The molecule has 2 aromatic carbocycles. The highest BCUT2D eigenvalue weighted by molar-refractivity contribution is 8.11. The molecule has 0 radical (unpaired) electrons. The highest BCUT2D eigenvalue weighted by Crippen LogP contribution is 2.46. The molecule has 0 amide bonds. The summed E-state index contributed by atoms with van der Waals surface area (Å²) in [5, 5.41) is 16.3. The van der Waals surface area contributed by atoms with Crippen molar-refractivity contribution in [3.8, 4) is 0 Å².